The van der Waals surface area contributed by atoms with E-state index in [1.807, 2.05) is 60.7 Å². The summed E-state index contributed by atoms with van der Waals surface area (Å²) in [5.41, 5.74) is 1.97. The summed E-state index contributed by atoms with van der Waals surface area (Å²) >= 11 is 0. The zero-order chi connectivity index (χ0) is 18.4. The van der Waals surface area contributed by atoms with E-state index in [2.05, 4.69) is 0 Å². The summed E-state index contributed by atoms with van der Waals surface area (Å²) < 4.78 is 1.39. The van der Waals surface area contributed by atoms with E-state index < -0.39 is 0 Å². The lowest BCUT2D eigenvalue weighted by atomic mass is 10.1. The van der Waals surface area contributed by atoms with E-state index >= 15 is 0 Å². The fourth-order valence-electron chi connectivity index (χ4n) is 2.69. The topological polar surface area (TPSA) is 42.3 Å². The van der Waals surface area contributed by atoms with Crippen LogP contribution in [0.25, 0.3) is 11.8 Å². The summed E-state index contributed by atoms with van der Waals surface area (Å²) in [5, 5.41) is 0. The maximum Gasteiger partial charge on any atom is 0.270 e. The molecule has 0 saturated carbocycles. The lowest BCUT2D eigenvalue weighted by Gasteiger charge is -2.20. The molecule has 130 valence electrons. The van der Waals surface area contributed by atoms with Crippen LogP contribution in [0.15, 0.2) is 89.9 Å². The molecular weight excluding hydrogens is 324 g/mol. The predicted octanol–water partition coefficient (Wildman–Crippen LogP) is 3.51. The number of aromatic nitrogens is 1. The molecule has 1 amide bonds. The highest BCUT2D eigenvalue weighted by molar-refractivity contribution is 6.18. The van der Waals surface area contributed by atoms with Crippen molar-refractivity contribution in [2.24, 2.45) is 0 Å². The van der Waals surface area contributed by atoms with Crippen molar-refractivity contribution in [3.05, 3.63) is 107 Å². The standard InChI is InChI=1S/C22H20N2O2/c1-23(17-19-12-6-3-7-13-19)22(26)20(16-18-10-4-2-5-11-18)24-15-9-8-14-21(24)25/h2-16H,17H2,1H3. The maximum atomic E-state index is 13.1. The minimum atomic E-state index is -0.240. The molecule has 0 radical (unpaired) electrons. The number of benzene rings is 2. The van der Waals surface area contributed by atoms with Gasteiger partial charge in [0, 0.05) is 25.9 Å². The molecule has 0 atom stereocenters. The van der Waals surface area contributed by atoms with Gasteiger partial charge < -0.3 is 4.90 Å². The summed E-state index contributed by atoms with van der Waals surface area (Å²) in [7, 11) is 1.74. The number of hydrogen-bond donors (Lipinski definition) is 0. The molecule has 0 unspecified atom stereocenters. The molecule has 3 rings (SSSR count). The van der Waals surface area contributed by atoms with Crippen molar-refractivity contribution >= 4 is 17.7 Å². The summed E-state index contributed by atoms with van der Waals surface area (Å²) in [5.74, 6) is -0.217. The molecule has 0 aliphatic rings. The van der Waals surface area contributed by atoms with Crippen molar-refractivity contribution in [2.45, 2.75) is 6.54 Å². The maximum absolute atomic E-state index is 13.1. The van der Waals surface area contributed by atoms with Crippen molar-refractivity contribution in [1.82, 2.24) is 9.47 Å². The molecule has 1 heterocycles. The molecule has 4 nitrogen and oxygen atoms in total. The monoisotopic (exact) mass is 344 g/mol. The number of rotatable bonds is 5. The van der Waals surface area contributed by atoms with Gasteiger partial charge in [0.1, 0.15) is 5.70 Å². The highest BCUT2D eigenvalue weighted by Gasteiger charge is 2.18. The van der Waals surface area contributed by atoms with E-state index in [0.717, 1.165) is 11.1 Å². The molecule has 0 saturated heterocycles. The van der Waals surface area contributed by atoms with Gasteiger partial charge in [0.2, 0.25) is 0 Å². The number of nitrogens with zero attached hydrogens (tertiary/aromatic N) is 2. The van der Waals surface area contributed by atoms with Gasteiger partial charge in [0.15, 0.2) is 0 Å². The van der Waals surface area contributed by atoms with Crippen LogP contribution in [0.3, 0.4) is 0 Å². The Hall–Kier alpha value is -3.40. The largest absolute Gasteiger partial charge is 0.336 e. The summed E-state index contributed by atoms with van der Waals surface area (Å²) in [6.45, 7) is 0.466. The molecule has 2 aromatic carbocycles. The van der Waals surface area contributed by atoms with Gasteiger partial charge in [-0.15, -0.1) is 0 Å². The SMILES string of the molecule is CN(Cc1ccccc1)C(=O)C(=Cc1ccccc1)n1ccccc1=O. The van der Waals surface area contributed by atoms with Crippen LogP contribution in [0, 0.1) is 0 Å². The van der Waals surface area contributed by atoms with Gasteiger partial charge in [-0.2, -0.15) is 0 Å². The summed E-state index contributed by atoms with van der Waals surface area (Å²) in [6, 6.07) is 24.1. The van der Waals surface area contributed by atoms with Crippen molar-refractivity contribution in [2.75, 3.05) is 7.05 Å². The Balaban J connectivity index is 1.98. The number of hydrogen-bond acceptors (Lipinski definition) is 2. The van der Waals surface area contributed by atoms with Crippen LogP contribution in [0.5, 0.6) is 0 Å². The van der Waals surface area contributed by atoms with Gasteiger partial charge in [-0.25, -0.2) is 0 Å². The van der Waals surface area contributed by atoms with E-state index in [4.69, 9.17) is 0 Å². The average molecular weight is 344 g/mol. The molecule has 0 aliphatic heterocycles. The Labute approximate surface area is 152 Å². The summed E-state index contributed by atoms with van der Waals surface area (Å²) in [4.78, 5) is 27.0. The van der Waals surface area contributed by atoms with Crippen molar-refractivity contribution in [1.29, 1.82) is 0 Å². The van der Waals surface area contributed by atoms with Gasteiger partial charge in [-0.3, -0.25) is 14.2 Å². The lowest BCUT2D eigenvalue weighted by Crippen LogP contribution is -2.32. The Bertz CT molecular complexity index is 960. The number of carbonyl (C=O) groups is 1. The zero-order valence-electron chi connectivity index (χ0n) is 14.6. The first-order valence-corrected chi connectivity index (χ1v) is 8.39. The molecule has 0 aliphatic carbocycles. The second kappa shape index (κ2) is 8.12. The fraction of sp³-hybridized carbons (Fsp3) is 0.0909. The molecule has 0 N–H and O–H groups in total. The molecule has 0 fully saturated rings. The first-order valence-electron chi connectivity index (χ1n) is 8.39. The van der Waals surface area contributed by atoms with E-state index in [-0.39, 0.29) is 11.5 Å². The fourth-order valence-corrected chi connectivity index (χ4v) is 2.69. The molecule has 0 bridgehead atoms. The highest BCUT2D eigenvalue weighted by atomic mass is 16.2. The van der Waals surface area contributed by atoms with Crippen LogP contribution in [0.4, 0.5) is 0 Å². The minimum absolute atomic E-state index is 0.217. The Morgan fingerprint density at radius 1 is 0.923 bits per heavy atom. The van der Waals surface area contributed by atoms with Gasteiger partial charge in [0.05, 0.1) is 0 Å². The second-order valence-electron chi connectivity index (χ2n) is 6.00. The average Bonchev–Trinajstić information content (AvgIpc) is 2.68. The quantitative estimate of drug-likeness (QED) is 0.665. The Morgan fingerprint density at radius 3 is 2.19 bits per heavy atom. The van der Waals surface area contributed by atoms with Crippen LogP contribution < -0.4 is 5.56 Å². The lowest BCUT2D eigenvalue weighted by molar-refractivity contribution is -0.124. The van der Waals surface area contributed by atoms with Crippen molar-refractivity contribution in [3.63, 3.8) is 0 Å². The van der Waals surface area contributed by atoms with Gasteiger partial charge >= 0.3 is 0 Å². The molecule has 3 aromatic rings. The normalized spacial score (nSPS) is 11.2. The van der Waals surface area contributed by atoms with E-state index in [9.17, 15) is 9.59 Å². The number of amides is 1. The third kappa shape index (κ3) is 4.16. The third-order valence-electron chi connectivity index (χ3n) is 4.01. The number of carbonyl (C=O) groups excluding carboxylic acids is 1. The predicted molar refractivity (Wildman–Crippen MR) is 104 cm³/mol. The number of likely N-dealkylation sites (N-methyl/N-ethyl adjacent to an activating group) is 1. The Kier molecular flexibility index (Phi) is 5.44. The van der Waals surface area contributed by atoms with Crippen molar-refractivity contribution in [3.8, 4) is 0 Å². The number of pyridine rings is 1. The van der Waals surface area contributed by atoms with Crippen LogP contribution in [0.2, 0.25) is 0 Å². The Morgan fingerprint density at radius 2 is 1.54 bits per heavy atom. The van der Waals surface area contributed by atoms with Crippen LogP contribution >= 0.6 is 0 Å². The minimum Gasteiger partial charge on any atom is -0.336 e. The first kappa shape index (κ1) is 17.4. The zero-order valence-corrected chi connectivity index (χ0v) is 14.6. The van der Waals surface area contributed by atoms with Crippen molar-refractivity contribution < 1.29 is 4.79 Å². The van der Waals surface area contributed by atoms with E-state index in [1.165, 1.54) is 10.6 Å². The first-order chi connectivity index (χ1) is 12.6. The smallest absolute Gasteiger partial charge is 0.270 e. The molecule has 1 aromatic heterocycles. The highest BCUT2D eigenvalue weighted by Crippen LogP contribution is 2.14. The third-order valence-corrected chi connectivity index (χ3v) is 4.01. The van der Waals surface area contributed by atoms with Gasteiger partial charge in [-0.1, -0.05) is 66.7 Å². The van der Waals surface area contributed by atoms with Gasteiger partial charge in [0.25, 0.3) is 11.5 Å². The van der Waals surface area contributed by atoms with E-state index in [1.54, 1.807) is 36.4 Å². The van der Waals surface area contributed by atoms with Gasteiger partial charge in [-0.05, 0) is 23.3 Å². The van der Waals surface area contributed by atoms with Crippen LogP contribution in [-0.2, 0) is 11.3 Å². The molecule has 4 heteroatoms. The van der Waals surface area contributed by atoms with E-state index in [0.29, 0.717) is 12.2 Å². The molecule has 26 heavy (non-hydrogen) atoms. The molecule has 0 spiro atoms. The summed E-state index contributed by atoms with van der Waals surface area (Å²) in [6.07, 6.45) is 3.36. The van der Waals surface area contributed by atoms with Crippen LogP contribution in [0.1, 0.15) is 11.1 Å². The second-order valence-corrected chi connectivity index (χ2v) is 6.00. The molecular formula is C22H20N2O2. The van der Waals surface area contributed by atoms with Crippen LogP contribution in [-0.4, -0.2) is 22.4 Å².